The first kappa shape index (κ1) is 23.0. The molecule has 1 N–H and O–H groups in total. The van der Waals surface area contributed by atoms with Crippen molar-refractivity contribution >= 4 is 34.4 Å². The topological polar surface area (TPSA) is 105 Å². The van der Waals surface area contributed by atoms with Gasteiger partial charge >= 0.3 is 6.09 Å². The molecule has 2 aromatic heterocycles. The first-order chi connectivity index (χ1) is 16.6. The number of nitrogens with one attached hydrogen (secondary N) is 1. The zero-order chi connectivity index (χ0) is 23.9. The molecule has 0 fully saturated rings. The average molecular weight is 475 g/mol. The van der Waals surface area contributed by atoms with E-state index in [1.54, 1.807) is 36.5 Å². The molecular formula is C25H22N4O4S. The van der Waals surface area contributed by atoms with Gasteiger partial charge in [-0.15, -0.1) is 11.3 Å². The maximum Gasteiger partial charge on any atom is 0.410 e. The largest absolute Gasteiger partial charge is 0.497 e. The molecule has 3 aromatic rings. The van der Waals surface area contributed by atoms with Gasteiger partial charge in [0.15, 0.2) is 0 Å². The molecule has 0 aliphatic carbocycles. The molecular weight excluding hydrogens is 452 g/mol. The highest BCUT2D eigenvalue weighted by Crippen LogP contribution is 2.36. The second kappa shape index (κ2) is 10.6. The summed E-state index contributed by atoms with van der Waals surface area (Å²) in [5.41, 5.74) is 2.95. The number of ether oxygens (including phenoxy) is 2. The minimum atomic E-state index is -0.426. The van der Waals surface area contributed by atoms with Crippen LogP contribution in [0.1, 0.15) is 27.1 Å². The standard InChI is InChI=1S/C25H22N4O4S/c1-32-19-6-2-4-18(12-19)16-33-25(31)29-11-9-20-21(13-26)24(34-22(20)15-29)28-23(30)8-7-17-5-3-10-27-14-17/h2-8,10,12,14H,9,11,15-16H2,1H3,(H,28,30)/b8-7+. The number of nitrogens with zero attached hydrogens (tertiary/aromatic N) is 3. The van der Waals surface area contributed by atoms with Crippen molar-refractivity contribution in [3.8, 4) is 11.8 Å². The summed E-state index contributed by atoms with van der Waals surface area (Å²) in [4.78, 5) is 31.5. The van der Waals surface area contributed by atoms with Crippen molar-refractivity contribution in [2.75, 3.05) is 19.0 Å². The van der Waals surface area contributed by atoms with Crippen LogP contribution in [0.2, 0.25) is 0 Å². The molecule has 1 aliphatic rings. The monoisotopic (exact) mass is 474 g/mol. The minimum absolute atomic E-state index is 0.137. The van der Waals surface area contributed by atoms with E-state index in [9.17, 15) is 14.9 Å². The summed E-state index contributed by atoms with van der Waals surface area (Å²) in [7, 11) is 1.58. The molecule has 0 bridgehead atoms. The van der Waals surface area contributed by atoms with Gasteiger partial charge in [-0.25, -0.2) is 4.79 Å². The van der Waals surface area contributed by atoms with Gasteiger partial charge in [0, 0.05) is 29.9 Å². The second-order valence-electron chi connectivity index (χ2n) is 7.51. The van der Waals surface area contributed by atoms with Crippen LogP contribution in [0.4, 0.5) is 9.80 Å². The van der Waals surface area contributed by atoms with E-state index in [1.165, 1.54) is 17.4 Å². The van der Waals surface area contributed by atoms with Crippen LogP contribution in [-0.4, -0.2) is 35.5 Å². The van der Waals surface area contributed by atoms with Gasteiger partial charge in [-0.3, -0.25) is 9.78 Å². The Morgan fingerprint density at radius 2 is 2.21 bits per heavy atom. The van der Waals surface area contributed by atoms with Crippen LogP contribution < -0.4 is 10.1 Å². The highest BCUT2D eigenvalue weighted by Gasteiger charge is 2.28. The van der Waals surface area contributed by atoms with Crippen molar-refractivity contribution in [1.82, 2.24) is 9.88 Å². The Bertz CT molecular complexity index is 1260. The maximum absolute atomic E-state index is 12.6. The van der Waals surface area contributed by atoms with Gasteiger partial charge < -0.3 is 19.7 Å². The Morgan fingerprint density at radius 3 is 2.97 bits per heavy atom. The van der Waals surface area contributed by atoms with Crippen molar-refractivity contribution in [3.05, 3.63) is 82.0 Å². The quantitative estimate of drug-likeness (QED) is 0.532. The number of thiophene rings is 1. The Labute approximate surface area is 201 Å². The third kappa shape index (κ3) is 5.42. The van der Waals surface area contributed by atoms with Crippen LogP contribution in [-0.2, 0) is 29.1 Å². The summed E-state index contributed by atoms with van der Waals surface area (Å²) in [6.07, 6.45) is 6.46. The van der Waals surface area contributed by atoms with Crippen molar-refractivity contribution in [3.63, 3.8) is 0 Å². The number of carbonyl (C=O) groups excluding carboxylic acids is 2. The van der Waals surface area contributed by atoms with E-state index in [1.807, 2.05) is 30.3 Å². The Balaban J connectivity index is 1.40. The summed E-state index contributed by atoms with van der Waals surface area (Å²) in [6, 6.07) is 13.2. The lowest BCUT2D eigenvalue weighted by Crippen LogP contribution is -2.35. The van der Waals surface area contributed by atoms with E-state index in [-0.39, 0.29) is 12.5 Å². The minimum Gasteiger partial charge on any atom is -0.497 e. The molecule has 34 heavy (non-hydrogen) atoms. The summed E-state index contributed by atoms with van der Waals surface area (Å²) in [5.74, 6) is 0.358. The van der Waals surface area contributed by atoms with E-state index in [0.717, 1.165) is 21.6 Å². The number of amides is 2. The van der Waals surface area contributed by atoms with E-state index < -0.39 is 6.09 Å². The molecule has 172 valence electrons. The molecule has 3 heterocycles. The molecule has 0 radical (unpaired) electrons. The van der Waals surface area contributed by atoms with Gasteiger partial charge in [-0.2, -0.15) is 5.26 Å². The molecule has 0 saturated carbocycles. The van der Waals surface area contributed by atoms with Crippen molar-refractivity contribution in [1.29, 1.82) is 5.26 Å². The van der Waals surface area contributed by atoms with Crippen LogP contribution in [0.15, 0.2) is 54.9 Å². The maximum atomic E-state index is 12.6. The van der Waals surface area contributed by atoms with Crippen LogP contribution in [0.5, 0.6) is 5.75 Å². The molecule has 0 unspecified atom stereocenters. The number of methoxy groups -OCH3 is 1. The zero-order valence-corrected chi connectivity index (χ0v) is 19.3. The summed E-state index contributed by atoms with van der Waals surface area (Å²) in [5, 5.41) is 13.0. The molecule has 1 aliphatic heterocycles. The fourth-order valence-electron chi connectivity index (χ4n) is 3.56. The lowest BCUT2D eigenvalue weighted by molar-refractivity contribution is -0.111. The van der Waals surface area contributed by atoms with Crippen LogP contribution in [0.3, 0.4) is 0 Å². The molecule has 4 rings (SSSR count). The van der Waals surface area contributed by atoms with Gasteiger partial charge in [0.2, 0.25) is 5.91 Å². The van der Waals surface area contributed by atoms with Gasteiger partial charge in [-0.05, 0) is 47.4 Å². The van der Waals surface area contributed by atoms with Crippen LogP contribution in [0, 0.1) is 11.3 Å². The molecule has 0 atom stereocenters. The number of anilines is 1. The van der Waals surface area contributed by atoms with Gasteiger partial charge in [-0.1, -0.05) is 18.2 Å². The fraction of sp³-hybridized carbons (Fsp3) is 0.200. The van der Waals surface area contributed by atoms with Gasteiger partial charge in [0.1, 0.15) is 23.4 Å². The molecule has 0 saturated heterocycles. The molecule has 0 spiro atoms. The van der Waals surface area contributed by atoms with Gasteiger partial charge in [0.05, 0.1) is 19.2 Å². The van der Waals surface area contributed by atoms with Crippen LogP contribution >= 0.6 is 11.3 Å². The lowest BCUT2D eigenvalue weighted by Gasteiger charge is -2.26. The number of rotatable bonds is 6. The average Bonchev–Trinajstić information content (AvgIpc) is 3.22. The second-order valence-corrected chi connectivity index (χ2v) is 8.61. The normalized spacial score (nSPS) is 12.6. The number of nitriles is 1. The Kier molecular flexibility index (Phi) is 7.20. The Hall–Kier alpha value is -4.16. The third-order valence-electron chi connectivity index (χ3n) is 5.27. The number of carbonyl (C=O) groups is 2. The number of fused-ring (bicyclic) bond motifs is 1. The van der Waals surface area contributed by atoms with E-state index in [4.69, 9.17) is 9.47 Å². The lowest BCUT2D eigenvalue weighted by atomic mass is 10.0. The van der Waals surface area contributed by atoms with E-state index in [2.05, 4.69) is 16.4 Å². The highest BCUT2D eigenvalue weighted by atomic mass is 32.1. The summed E-state index contributed by atoms with van der Waals surface area (Å²) < 4.78 is 10.7. The van der Waals surface area contributed by atoms with Gasteiger partial charge in [0.25, 0.3) is 0 Å². The molecule has 2 amide bonds. The SMILES string of the molecule is COc1cccc(COC(=O)N2CCc3c(sc(NC(=O)/C=C/c4cccnc4)c3C#N)C2)c1. The van der Waals surface area contributed by atoms with Crippen molar-refractivity contribution in [2.24, 2.45) is 0 Å². The fourth-order valence-corrected chi connectivity index (χ4v) is 4.78. The predicted molar refractivity (Wildman–Crippen MR) is 128 cm³/mol. The molecule has 8 nitrogen and oxygen atoms in total. The highest BCUT2D eigenvalue weighted by molar-refractivity contribution is 7.16. The first-order valence-corrected chi connectivity index (χ1v) is 11.4. The molecule has 1 aromatic carbocycles. The number of benzene rings is 1. The predicted octanol–water partition coefficient (Wildman–Crippen LogP) is 4.37. The van der Waals surface area contributed by atoms with Crippen molar-refractivity contribution in [2.45, 2.75) is 19.6 Å². The first-order valence-electron chi connectivity index (χ1n) is 10.6. The third-order valence-corrected chi connectivity index (χ3v) is 6.40. The number of aromatic nitrogens is 1. The van der Waals surface area contributed by atoms with E-state index in [0.29, 0.717) is 35.8 Å². The van der Waals surface area contributed by atoms with Crippen molar-refractivity contribution < 1.29 is 19.1 Å². The smallest absolute Gasteiger partial charge is 0.410 e. The summed E-state index contributed by atoms with van der Waals surface area (Å²) >= 11 is 1.31. The number of pyridine rings is 1. The van der Waals surface area contributed by atoms with E-state index >= 15 is 0 Å². The molecule has 9 heteroatoms. The number of hydrogen-bond donors (Lipinski definition) is 1. The Morgan fingerprint density at radius 1 is 1.32 bits per heavy atom. The summed E-state index contributed by atoms with van der Waals surface area (Å²) in [6.45, 7) is 0.897. The zero-order valence-electron chi connectivity index (χ0n) is 18.5. The van der Waals surface area contributed by atoms with Crippen LogP contribution in [0.25, 0.3) is 6.08 Å². The number of hydrogen-bond acceptors (Lipinski definition) is 7.